The minimum Gasteiger partial charge on any atom is -0.368 e. The summed E-state index contributed by atoms with van der Waals surface area (Å²) in [5, 5.41) is 6.23. The summed E-state index contributed by atoms with van der Waals surface area (Å²) in [7, 11) is -3.15. The largest absolute Gasteiger partial charge is 0.368 e. The maximum absolute atomic E-state index is 12.0. The van der Waals surface area contributed by atoms with Crippen LogP contribution in [0.5, 0.6) is 0 Å². The summed E-state index contributed by atoms with van der Waals surface area (Å²) in [5.41, 5.74) is 6.58. The third-order valence-corrected chi connectivity index (χ3v) is 7.20. The van der Waals surface area contributed by atoms with Gasteiger partial charge in [-0.05, 0) is 31.9 Å². The van der Waals surface area contributed by atoms with Gasteiger partial charge in [-0.2, -0.15) is 9.29 Å². The summed E-state index contributed by atoms with van der Waals surface area (Å²) in [6.45, 7) is 3.82. The topological polar surface area (TPSA) is 146 Å². The molecule has 0 atom stereocenters. The van der Waals surface area contributed by atoms with Crippen molar-refractivity contribution in [2.24, 2.45) is 5.73 Å². The number of amides is 1. The summed E-state index contributed by atoms with van der Waals surface area (Å²) in [4.78, 5) is 26.7. The molecule has 4 N–H and O–H groups in total. The number of nitrogens with zero attached hydrogens (tertiary/aromatic N) is 5. The van der Waals surface area contributed by atoms with E-state index >= 15 is 0 Å². The highest BCUT2D eigenvalue weighted by atomic mass is 32.2. The molecule has 0 bridgehead atoms. The van der Waals surface area contributed by atoms with Crippen LogP contribution in [0.3, 0.4) is 0 Å². The summed E-state index contributed by atoms with van der Waals surface area (Å²) >= 11 is 0. The van der Waals surface area contributed by atoms with E-state index < -0.39 is 15.9 Å². The molecule has 166 valence electrons. The standard InChI is InChI=1S/C19H26N8O3S/c1-2-31(29,30)27-9-7-26(8-10-27)14-5-6-16(21-11-14)24-19-22-12-15(17(20)28)18(25-19)23-13-3-4-13/h5-6,11-13H,2-4,7-10H2,1H3,(H2,20,28)(H2,21,22,23,24,25). The normalized spacial score (nSPS) is 17.4. The molecule has 2 aromatic heterocycles. The molecule has 0 spiro atoms. The Morgan fingerprint density at radius 3 is 2.48 bits per heavy atom. The molecule has 4 rings (SSSR count). The quantitative estimate of drug-likeness (QED) is 0.535. The molecule has 0 radical (unpaired) electrons. The van der Waals surface area contributed by atoms with Gasteiger partial charge in [0.2, 0.25) is 16.0 Å². The second kappa shape index (κ2) is 8.63. The van der Waals surface area contributed by atoms with E-state index in [1.807, 2.05) is 12.1 Å². The number of sulfonamides is 1. The van der Waals surface area contributed by atoms with Crippen molar-refractivity contribution >= 4 is 39.2 Å². The summed E-state index contributed by atoms with van der Waals surface area (Å²) in [6, 6.07) is 4.04. The smallest absolute Gasteiger partial charge is 0.254 e. The van der Waals surface area contributed by atoms with Gasteiger partial charge in [0.1, 0.15) is 11.6 Å². The molecule has 2 fully saturated rings. The monoisotopic (exact) mass is 446 g/mol. The number of nitrogens with two attached hydrogens (primary N) is 1. The van der Waals surface area contributed by atoms with Gasteiger partial charge in [0.25, 0.3) is 5.91 Å². The van der Waals surface area contributed by atoms with E-state index in [0.717, 1.165) is 18.5 Å². The number of nitrogens with one attached hydrogen (secondary N) is 2. The molecule has 0 unspecified atom stereocenters. The molecule has 1 aliphatic carbocycles. The first-order chi connectivity index (χ1) is 14.9. The molecule has 31 heavy (non-hydrogen) atoms. The van der Waals surface area contributed by atoms with Gasteiger partial charge >= 0.3 is 0 Å². The van der Waals surface area contributed by atoms with E-state index in [2.05, 4.69) is 30.5 Å². The lowest BCUT2D eigenvalue weighted by Crippen LogP contribution is -2.49. The zero-order chi connectivity index (χ0) is 22.0. The molecule has 1 aliphatic heterocycles. The molecule has 12 heteroatoms. The van der Waals surface area contributed by atoms with Crippen LogP contribution in [0.4, 0.5) is 23.3 Å². The number of primary amides is 1. The highest BCUT2D eigenvalue weighted by Crippen LogP contribution is 2.26. The van der Waals surface area contributed by atoms with Gasteiger partial charge < -0.3 is 21.3 Å². The molecule has 1 saturated heterocycles. The van der Waals surface area contributed by atoms with Crippen LogP contribution in [-0.4, -0.2) is 71.6 Å². The Balaban J connectivity index is 1.40. The fourth-order valence-corrected chi connectivity index (χ4v) is 4.41. The van der Waals surface area contributed by atoms with Crippen LogP contribution in [0.1, 0.15) is 30.1 Å². The van der Waals surface area contributed by atoms with E-state index in [9.17, 15) is 13.2 Å². The number of hydrogen-bond donors (Lipinski definition) is 3. The van der Waals surface area contributed by atoms with Crippen molar-refractivity contribution in [1.82, 2.24) is 19.3 Å². The van der Waals surface area contributed by atoms with E-state index in [4.69, 9.17) is 5.73 Å². The third kappa shape index (κ3) is 5.02. The number of carbonyl (C=O) groups excluding carboxylic acids is 1. The van der Waals surface area contributed by atoms with Gasteiger partial charge in [0.05, 0.1) is 23.2 Å². The molecular formula is C19H26N8O3S. The van der Waals surface area contributed by atoms with Gasteiger partial charge in [0, 0.05) is 38.4 Å². The fraction of sp³-hybridized carbons (Fsp3) is 0.474. The molecule has 11 nitrogen and oxygen atoms in total. The van der Waals surface area contributed by atoms with Crippen LogP contribution >= 0.6 is 0 Å². The van der Waals surface area contributed by atoms with Crippen molar-refractivity contribution in [2.45, 2.75) is 25.8 Å². The lowest BCUT2D eigenvalue weighted by molar-refractivity contribution is 0.100. The average molecular weight is 447 g/mol. The van der Waals surface area contributed by atoms with E-state index in [0.29, 0.717) is 49.8 Å². The van der Waals surface area contributed by atoms with Crippen LogP contribution in [0.2, 0.25) is 0 Å². The van der Waals surface area contributed by atoms with Crippen molar-refractivity contribution in [3.05, 3.63) is 30.1 Å². The van der Waals surface area contributed by atoms with Crippen LogP contribution in [0, 0.1) is 0 Å². The van der Waals surface area contributed by atoms with Crippen LogP contribution in [0.25, 0.3) is 0 Å². The Morgan fingerprint density at radius 2 is 1.90 bits per heavy atom. The van der Waals surface area contributed by atoms with Gasteiger partial charge in [0.15, 0.2) is 0 Å². The summed E-state index contributed by atoms with van der Waals surface area (Å²) < 4.78 is 25.5. The van der Waals surface area contributed by atoms with E-state index in [-0.39, 0.29) is 11.3 Å². The summed E-state index contributed by atoms with van der Waals surface area (Å²) in [6.07, 6.45) is 5.20. The van der Waals surface area contributed by atoms with Crippen LogP contribution in [0.15, 0.2) is 24.5 Å². The SMILES string of the molecule is CCS(=O)(=O)N1CCN(c2ccc(Nc3ncc(C(N)=O)c(NC4CC4)n3)nc2)CC1. The second-order valence-corrected chi connectivity index (χ2v) is 9.81. The highest BCUT2D eigenvalue weighted by Gasteiger charge is 2.26. The van der Waals surface area contributed by atoms with Crippen molar-refractivity contribution in [2.75, 3.05) is 47.5 Å². The van der Waals surface area contributed by atoms with Crippen molar-refractivity contribution < 1.29 is 13.2 Å². The lowest BCUT2D eigenvalue weighted by Gasteiger charge is -2.35. The number of aromatic nitrogens is 3. The van der Waals surface area contributed by atoms with Gasteiger partial charge in [-0.15, -0.1) is 0 Å². The second-order valence-electron chi connectivity index (χ2n) is 7.55. The Hall–Kier alpha value is -2.99. The third-order valence-electron chi connectivity index (χ3n) is 5.32. The average Bonchev–Trinajstić information content (AvgIpc) is 3.58. The van der Waals surface area contributed by atoms with Gasteiger partial charge in [-0.1, -0.05) is 0 Å². The first kappa shape index (κ1) is 21.2. The first-order valence-corrected chi connectivity index (χ1v) is 11.9. The van der Waals surface area contributed by atoms with Crippen molar-refractivity contribution in [1.29, 1.82) is 0 Å². The molecular weight excluding hydrogens is 420 g/mol. The molecule has 0 aromatic carbocycles. The number of pyridine rings is 1. The minimum absolute atomic E-state index is 0.120. The molecule has 1 saturated carbocycles. The number of piperazine rings is 1. The predicted molar refractivity (Wildman–Crippen MR) is 118 cm³/mol. The maximum atomic E-state index is 12.0. The van der Waals surface area contributed by atoms with Crippen LogP contribution < -0.4 is 21.3 Å². The number of carbonyl (C=O) groups is 1. The fourth-order valence-electron chi connectivity index (χ4n) is 3.32. The highest BCUT2D eigenvalue weighted by molar-refractivity contribution is 7.89. The molecule has 1 amide bonds. The molecule has 2 aliphatic rings. The number of rotatable bonds is 8. The van der Waals surface area contributed by atoms with Crippen molar-refractivity contribution in [3.8, 4) is 0 Å². The Kier molecular flexibility index (Phi) is 5.92. The Labute approximate surface area is 181 Å². The Morgan fingerprint density at radius 1 is 1.16 bits per heavy atom. The molecule has 2 aromatic rings. The van der Waals surface area contributed by atoms with Crippen molar-refractivity contribution in [3.63, 3.8) is 0 Å². The van der Waals surface area contributed by atoms with Crippen LogP contribution in [-0.2, 0) is 10.0 Å². The first-order valence-electron chi connectivity index (χ1n) is 10.2. The number of hydrogen-bond acceptors (Lipinski definition) is 9. The maximum Gasteiger partial charge on any atom is 0.254 e. The minimum atomic E-state index is -3.15. The van der Waals surface area contributed by atoms with Gasteiger partial charge in [-0.25, -0.2) is 18.4 Å². The zero-order valence-electron chi connectivity index (χ0n) is 17.3. The zero-order valence-corrected chi connectivity index (χ0v) is 18.1. The summed E-state index contributed by atoms with van der Waals surface area (Å²) in [5.74, 6) is 0.829. The van der Waals surface area contributed by atoms with Gasteiger partial charge in [-0.3, -0.25) is 4.79 Å². The Bertz CT molecular complexity index is 1050. The number of anilines is 4. The molecule has 3 heterocycles. The lowest BCUT2D eigenvalue weighted by atomic mass is 10.3. The van der Waals surface area contributed by atoms with E-state index in [1.54, 1.807) is 13.1 Å². The predicted octanol–water partition coefficient (Wildman–Crippen LogP) is 0.760. The van der Waals surface area contributed by atoms with E-state index in [1.165, 1.54) is 10.5 Å².